The van der Waals surface area contributed by atoms with Crippen molar-refractivity contribution in [2.45, 2.75) is 19.3 Å². The summed E-state index contributed by atoms with van der Waals surface area (Å²) in [5.41, 5.74) is 0. The number of hydrogen-bond acceptors (Lipinski definition) is 2. The Morgan fingerprint density at radius 1 is 1.09 bits per heavy atom. The molecule has 0 aromatic carbocycles. The van der Waals surface area contributed by atoms with Gasteiger partial charge in [0, 0.05) is 6.08 Å². The van der Waals surface area contributed by atoms with Crippen molar-refractivity contribution in [1.29, 1.82) is 0 Å². The summed E-state index contributed by atoms with van der Waals surface area (Å²) in [5, 5.41) is 0. The van der Waals surface area contributed by atoms with Crippen LogP contribution in [0, 0.1) is 0 Å². The van der Waals surface area contributed by atoms with Crippen molar-refractivity contribution in [3.63, 3.8) is 0 Å². The molecule has 0 N–H and O–H groups in total. The molecule has 0 saturated carbocycles. The van der Waals surface area contributed by atoms with Gasteiger partial charge >= 0.3 is 5.97 Å². The van der Waals surface area contributed by atoms with Gasteiger partial charge in [-0.2, -0.15) is 0 Å². The molecule has 0 aliphatic carbocycles. The Kier molecular flexibility index (Phi) is 3.45. The van der Waals surface area contributed by atoms with E-state index in [2.05, 4.69) is 6.08 Å². The average Bonchev–Trinajstić information content (AvgIpc) is 2.03. The van der Waals surface area contributed by atoms with Gasteiger partial charge in [-0.15, -0.1) is 0 Å². The fourth-order valence-electron chi connectivity index (χ4n) is 0.883. The molecule has 0 aromatic rings. The second kappa shape index (κ2) is 4.72. The predicted molar refractivity (Wildman–Crippen MR) is 43.1 cm³/mol. The van der Waals surface area contributed by atoms with E-state index in [4.69, 9.17) is 4.74 Å². The number of hydrogen-bond donors (Lipinski definition) is 0. The number of carbonyl (C=O) groups excluding carboxylic acids is 1. The van der Waals surface area contributed by atoms with Gasteiger partial charge in [-0.25, -0.2) is 4.79 Å². The van der Waals surface area contributed by atoms with Crippen molar-refractivity contribution >= 4 is 5.97 Å². The molecule has 0 amide bonds. The lowest BCUT2D eigenvalue weighted by atomic mass is 10.2. The third-order valence-corrected chi connectivity index (χ3v) is 1.45. The number of carbonyl (C=O) groups is 1. The largest absolute Gasteiger partial charge is 0.462 e. The van der Waals surface area contributed by atoms with Crippen molar-refractivity contribution in [1.82, 2.24) is 0 Å². The summed E-state index contributed by atoms with van der Waals surface area (Å²) in [7, 11) is 0. The number of esters is 1. The van der Waals surface area contributed by atoms with Gasteiger partial charge in [0.15, 0.2) is 0 Å². The van der Waals surface area contributed by atoms with Crippen molar-refractivity contribution in [2.24, 2.45) is 0 Å². The minimum absolute atomic E-state index is 0.222. The molecule has 0 unspecified atom stereocenters. The van der Waals surface area contributed by atoms with Crippen molar-refractivity contribution in [3.05, 3.63) is 24.3 Å². The fourth-order valence-corrected chi connectivity index (χ4v) is 0.883. The molecule has 1 aliphatic rings. The molecule has 1 heterocycles. The zero-order valence-corrected chi connectivity index (χ0v) is 6.45. The minimum Gasteiger partial charge on any atom is -0.462 e. The van der Waals surface area contributed by atoms with E-state index < -0.39 is 0 Å². The molecule has 60 valence electrons. The normalized spacial score (nSPS) is 19.5. The first kappa shape index (κ1) is 8.05. The molecule has 11 heavy (non-hydrogen) atoms. The van der Waals surface area contributed by atoms with E-state index >= 15 is 0 Å². The van der Waals surface area contributed by atoms with E-state index in [1.165, 1.54) is 6.08 Å². The van der Waals surface area contributed by atoms with Crippen LogP contribution in [0.5, 0.6) is 0 Å². The van der Waals surface area contributed by atoms with Crippen LogP contribution in [-0.2, 0) is 9.53 Å². The second-order valence-electron chi connectivity index (χ2n) is 2.41. The molecule has 0 radical (unpaired) electrons. The second-order valence-corrected chi connectivity index (χ2v) is 2.41. The van der Waals surface area contributed by atoms with Gasteiger partial charge in [0.1, 0.15) is 0 Å². The summed E-state index contributed by atoms with van der Waals surface area (Å²) in [4.78, 5) is 10.8. The molecule has 1 aliphatic heterocycles. The Morgan fingerprint density at radius 3 is 2.73 bits per heavy atom. The number of ether oxygens (including phenoxy) is 1. The zero-order chi connectivity index (χ0) is 7.94. The smallest absolute Gasteiger partial charge is 0.330 e. The first-order valence-corrected chi connectivity index (χ1v) is 3.88. The third-order valence-electron chi connectivity index (χ3n) is 1.45. The summed E-state index contributed by atoms with van der Waals surface area (Å²) in [6, 6.07) is 0. The van der Waals surface area contributed by atoms with Gasteiger partial charge in [0.05, 0.1) is 6.61 Å². The monoisotopic (exact) mass is 152 g/mol. The summed E-state index contributed by atoms with van der Waals surface area (Å²) < 4.78 is 4.84. The SMILES string of the molecule is O=C1C=CCCC=CCCO1. The van der Waals surface area contributed by atoms with Crippen LogP contribution in [0.1, 0.15) is 19.3 Å². The fraction of sp³-hybridized carbons (Fsp3) is 0.444. The molecule has 0 saturated heterocycles. The highest BCUT2D eigenvalue weighted by Gasteiger charge is 1.95. The van der Waals surface area contributed by atoms with Crippen LogP contribution in [0.25, 0.3) is 0 Å². The van der Waals surface area contributed by atoms with Gasteiger partial charge in [0.2, 0.25) is 0 Å². The molecule has 2 heteroatoms. The zero-order valence-electron chi connectivity index (χ0n) is 6.45. The molecule has 0 atom stereocenters. The van der Waals surface area contributed by atoms with Crippen LogP contribution < -0.4 is 0 Å². The lowest BCUT2D eigenvalue weighted by Gasteiger charge is -1.99. The van der Waals surface area contributed by atoms with Crippen molar-refractivity contribution < 1.29 is 9.53 Å². The third kappa shape index (κ3) is 3.61. The molecule has 0 aromatic heterocycles. The maximum absolute atomic E-state index is 10.8. The van der Waals surface area contributed by atoms with Crippen LogP contribution >= 0.6 is 0 Å². The molecule has 0 fully saturated rings. The highest BCUT2D eigenvalue weighted by Crippen LogP contribution is 1.98. The van der Waals surface area contributed by atoms with E-state index in [0.717, 1.165) is 19.3 Å². The van der Waals surface area contributed by atoms with E-state index in [0.29, 0.717) is 6.61 Å². The van der Waals surface area contributed by atoms with Crippen molar-refractivity contribution in [2.75, 3.05) is 6.61 Å². The number of cyclic esters (lactones) is 1. The van der Waals surface area contributed by atoms with Gasteiger partial charge in [0.25, 0.3) is 0 Å². The summed E-state index contributed by atoms with van der Waals surface area (Å²) >= 11 is 0. The Morgan fingerprint density at radius 2 is 1.82 bits per heavy atom. The van der Waals surface area contributed by atoms with Crippen LogP contribution in [0.2, 0.25) is 0 Å². The van der Waals surface area contributed by atoms with E-state index in [9.17, 15) is 4.79 Å². The first-order valence-electron chi connectivity index (χ1n) is 3.88. The maximum atomic E-state index is 10.8. The van der Waals surface area contributed by atoms with Crippen LogP contribution in [0.4, 0.5) is 0 Å². The quantitative estimate of drug-likeness (QED) is 0.391. The lowest BCUT2D eigenvalue weighted by molar-refractivity contribution is -0.137. The molecule has 0 spiro atoms. The maximum Gasteiger partial charge on any atom is 0.330 e. The Balaban J connectivity index is 2.40. The molecule has 0 bridgehead atoms. The number of rotatable bonds is 0. The van der Waals surface area contributed by atoms with Crippen molar-refractivity contribution in [3.8, 4) is 0 Å². The molecular formula is C9H12O2. The predicted octanol–water partition coefficient (Wildman–Crippen LogP) is 1.83. The highest BCUT2D eigenvalue weighted by molar-refractivity contribution is 5.81. The molecular weight excluding hydrogens is 140 g/mol. The summed E-state index contributed by atoms with van der Waals surface area (Å²) in [5.74, 6) is -0.222. The average molecular weight is 152 g/mol. The standard InChI is InChI=1S/C9H12O2/c10-9-7-5-3-1-2-4-6-8-11-9/h2,4-5,7H,1,3,6,8H2. The van der Waals surface area contributed by atoms with E-state index in [1.54, 1.807) is 0 Å². The number of allylic oxidation sites excluding steroid dienone is 2. The molecule has 2 nitrogen and oxygen atoms in total. The van der Waals surface area contributed by atoms with E-state index in [1.807, 2.05) is 12.2 Å². The Hall–Kier alpha value is -1.05. The van der Waals surface area contributed by atoms with Crippen LogP contribution in [0.3, 0.4) is 0 Å². The summed E-state index contributed by atoms with van der Waals surface area (Å²) in [6.07, 6.45) is 10.3. The summed E-state index contributed by atoms with van der Waals surface area (Å²) in [6.45, 7) is 0.500. The first-order chi connectivity index (χ1) is 5.39. The van der Waals surface area contributed by atoms with Crippen LogP contribution in [0.15, 0.2) is 24.3 Å². The van der Waals surface area contributed by atoms with Gasteiger partial charge < -0.3 is 4.74 Å². The molecule has 1 rings (SSSR count). The van der Waals surface area contributed by atoms with Gasteiger partial charge in [-0.05, 0) is 19.3 Å². The van der Waals surface area contributed by atoms with Gasteiger partial charge in [-0.1, -0.05) is 18.2 Å². The Bertz CT molecular complexity index is 180. The topological polar surface area (TPSA) is 26.3 Å². The highest BCUT2D eigenvalue weighted by atomic mass is 16.5. The van der Waals surface area contributed by atoms with Gasteiger partial charge in [-0.3, -0.25) is 0 Å². The van der Waals surface area contributed by atoms with Crippen LogP contribution in [-0.4, -0.2) is 12.6 Å². The lowest BCUT2D eigenvalue weighted by Crippen LogP contribution is -2.01. The van der Waals surface area contributed by atoms with E-state index in [-0.39, 0.29) is 5.97 Å². The Labute approximate surface area is 66.5 Å². The minimum atomic E-state index is -0.222.